The van der Waals surface area contributed by atoms with Gasteiger partial charge >= 0.3 is 0 Å². The highest BCUT2D eigenvalue weighted by Gasteiger charge is 2.39. The lowest BCUT2D eigenvalue weighted by Gasteiger charge is -2.42. The van der Waals surface area contributed by atoms with Gasteiger partial charge in [-0.15, -0.1) is 0 Å². The van der Waals surface area contributed by atoms with E-state index < -0.39 is 0 Å². The van der Waals surface area contributed by atoms with Gasteiger partial charge in [0.15, 0.2) is 0 Å². The van der Waals surface area contributed by atoms with Crippen molar-refractivity contribution < 1.29 is 4.74 Å². The Morgan fingerprint density at radius 3 is 2.15 bits per heavy atom. The minimum Gasteiger partial charge on any atom is -0.457 e. The SMILES string of the molecule is CC1(C)c2ccccc2N(c2ccccc2)c2ccc3c4ccc(Oc5cccc(-c6ccccn6)c5)cc4n(-c4ccccn4)c3c21. The second-order valence-electron chi connectivity index (χ2n) is 12.7. The molecule has 1 aliphatic heterocycles. The maximum absolute atomic E-state index is 6.54. The molecule has 4 heterocycles. The maximum atomic E-state index is 6.54. The monoisotopic (exact) mass is 620 g/mol. The van der Waals surface area contributed by atoms with Crippen LogP contribution in [-0.4, -0.2) is 14.5 Å². The van der Waals surface area contributed by atoms with Crippen molar-refractivity contribution in [3.05, 3.63) is 169 Å². The van der Waals surface area contributed by atoms with E-state index in [0.29, 0.717) is 0 Å². The molecule has 0 saturated heterocycles. The molecule has 5 nitrogen and oxygen atoms in total. The first-order chi connectivity index (χ1) is 23.6. The van der Waals surface area contributed by atoms with Crippen molar-refractivity contribution in [1.29, 1.82) is 0 Å². The van der Waals surface area contributed by atoms with Gasteiger partial charge in [-0.3, -0.25) is 9.55 Å². The van der Waals surface area contributed by atoms with Crippen molar-refractivity contribution in [3.8, 4) is 28.6 Å². The van der Waals surface area contributed by atoms with Crippen LogP contribution < -0.4 is 9.64 Å². The van der Waals surface area contributed by atoms with Crippen LogP contribution in [0.4, 0.5) is 17.1 Å². The van der Waals surface area contributed by atoms with Gasteiger partial charge in [-0.25, -0.2) is 4.98 Å². The van der Waals surface area contributed by atoms with E-state index >= 15 is 0 Å². The van der Waals surface area contributed by atoms with Crippen LogP contribution in [0.15, 0.2) is 158 Å². The Bertz CT molecular complexity index is 2450. The van der Waals surface area contributed by atoms with Crippen LogP contribution in [0, 0.1) is 0 Å². The van der Waals surface area contributed by atoms with Crippen LogP contribution in [0.25, 0.3) is 38.9 Å². The van der Waals surface area contributed by atoms with E-state index in [1.807, 2.05) is 54.9 Å². The number of anilines is 3. The maximum Gasteiger partial charge on any atom is 0.137 e. The largest absolute Gasteiger partial charge is 0.457 e. The van der Waals surface area contributed by atoms with Crippen molar-refractivity contribution >= 4 is 38.9 Å². The quantitative estimate of drug-likeness (QED) is 0.192. The fourth-order valence-electron chi connectivity index (χ4n) is 7.37. The van der Waals surface area contributed by atoms with Gasteiger partial charge in [0.2, 0.25) is 0 Å². The van der Waals surface area contributed by atoms with Gasteiger partial charge < -0.3 is 9.64 Å². The normalized spacial score (nSPS) is 13.3. The van der Waals surface area contributed by atoms with E-state index in [9.17, 15) is 0 Å². The molecular weight excluding hydrogens is 589 g/mol. The molecule has 0 N–H and O–H groups in total. The van der Waals surface area contributed by atoms with Crippen LogP contribution in [0.1, 0.15) is 25.0 Å². The Kier molecular flexibility index (Phi) is 6.40. The second kappa shape index (κ2) is 11.0. The lowest BCUT2D eigenvalue weighted by Crippen LogP contribution is -2.31. The molecule has 0 aliphatic carbocycles. The molecule has 0 atom stereocenters. The number of hydrogen-bond donors (Lipinski definition) is 0. The molecular formula is C43H32N4O. The summed E-state index contributed by atoms with van der Waals surface area (Å²) in [5, 5.41) is 2.33. The number of hydrogen-bond acceptors (Lipinski definition) is 4. The van der Waals surface area contributed by atoms with Gasteiger partial charge in [-0.05, 0) is 78.4 Å². The predicted molar refractivity (Wildman–Crippen MR) is 195 cm³/mol. The zero-order valence-corrected chi connectivity index (χ0v) is 26.7. The molecule has 5 heteroatoms. The van der Waals surface area contributed by atoms with Gasteiger partial charge in [0.05, 0.1) is 28.1 Å². The minimum absolute atomic E-state index is 0.303. The molecule has 5 aromatic carbocycles. The molecule has 0 fully saturated rings. The van der Waals surface area contributed by atoms with Crippen LogP contribution >= 0.6 is 0 Å². The van der Waals surface area contributed by atoms with Crippen molar-refractivity contribution in [2.24, 2.45) is 0 Å². The predicted octanol–water partition coefficient (Wildman–Crippen LogP) is 11.1. The third-order valence-corrected chi connectivity index (χ3v) is 9.49. The van der Waals surface area contributed by atoms with Crippen LogP contribution in [0.2, 0.25) is 0 Å². The van der Waals surface area contributed by atoms with E-state index in [0.717, 1.165) is 50.7 Å². The Balaban J connectivity index is 1.29. The smallest absolute Gasteiger partial charge is 0.137 e. The minimum atomic E-state index is -0.303. The zero-order chi connectivity index (χ0) is 32.2. The van der Waals surface area contributed by atoms with Crippen molar-refractivity contribution in [3.63, 3.8) is 0 Å². The summed E-state index contributed by atoms with van der Waals surface area (Å²) in [5.74, 6) is 2.37. The molecule has 0 amide bonds. The molecule has 0 saturated carbocycles. The number of benzene rings is 5. The highest BCUT2D eigenvalue weighted by molar-refractivity contribution is 6.13. The number of para-hydroxylation sites is 2. The number of aromatic nitrogens is 3. The molecule has 9 rings (SSSR count). The van der Waals surface area contributed by atoms with Gasteiger partial charge in [0, 0.05) is 51.5 Å². The van der Waals surface area contributed by atoms with E-state index in [-0.39, 0.29) is 5.41 Å². The lowest BCUT2D eigenvalue weighted by atomic mass is 9.72. The van der Waals surface area contributed by atoms with Crippen molar-refractivity contribution in [2.75, 3.05) is 4.90 Å². The first-order valence-electron chi connectivity index (χ1n) is 16.2. The first-order valence-corrected chi connectivity index (χ1v) is 16.2. The number of pyridine rings is 2. The van der Waals surface area contributed by atoms with E-state index in [1.54, 1.807) is 0 Å². The van der Waals surface area contributed by atoms with E-state index in [2.05, 4.69) is 131 Å². The fraction of sp³-hybridized carbons (Fsp3) is 0.0698. The van der Waals surface area contributed by atoms with Gasteiger partial charge in [-0.2, -0.15) is 0 Å². The molecule has 0 spiro atoms. The summed E-state index contributed by atoms with van der Waals surface area (Å²) in [4.78, 5) is 11.8. The number of ether oxygens (including phenoxy) is 1. The third-order valence-electron chi connectivity index (χ3n) is 9.49. The molecule has 0 bridgehead atoms. The molecule has 0 unspecified atom stereocenters. The molecule has 3 aromatic heterocycles. The number of fused-ring (bicyclic) bond motifs is 6. The lowest BCUT2D eigenvalue weighted by molar-refractivity contribution is 0.483. The van der Waals surface area contributed by atoms with Gasteiger partial charge in [0.25, 0.3) is 0 Å². The highest BCUT2D eigenvalue weighted by Crippen LogP contribution is 2.55. The molecule has 0 radical (unpaired) electrons. The summed E-state index contributed by atoms with van der Waals surface area (Å²) in [6, 6.07) is 50.5. The number of nitrogens with zero attached hydrogens (tertiary/aromatic N) is 4. The van der Waals surface area contributed by atoms with Crippen molar-refractivity contribution in [1.82, 2.24) is 14.5 Å². The van der Waals surface area contributed by atoms with E-state index in [4.69, 9.17) is 9.72 Å². The summed E-state index contributed by atoms with van der Waals surface area (Å²) >= 11 is 0. The van der Waals surface area contributed by atoms with Crippen LogP contribution in [0.3, 0.4) is 0 Å². The Morgan fingerprint density at radius 1 is 0.583 bits per heavy atom. The van der Waals surface area contributed by atoms with Crippen molar-refractivity contribution in [2.45, 2.75) is 19.3 Å². The van der Waals surface area contributed by atoms with Gasteiger partial charge in [0.1, 0.15) is 17.3 Å². The van der Waals surface area contributed by atoms with Gasteiger partial charge in [-0.1, -0.05) is 80.6 Å². The van der Waals surface area contributed by atoms with Crippen LogP contribution in [-0.2, 0) is 5.41 Å². The summed E-state index contributed by atoms with van der Waals surface area (Å²) < 4.78 is 8.86. The second-order valence-corrected chi connectivity index (χ2v) is 12.7. The summed E-state index contributed by atoms with van der Waals surface area (Å²) in [7, 11) is 0. The zero-order valence-electron chi connectivity index (χ0n) is 26.7. The summed E-state index contributed by atoms with van der Waals surface area (Å²) in [5.41, 5.74) is 9.84. The topological polar surface area (TPSA) is 43.2 Å². The standard InChI is InChI=1S/C43H32N4O/c1-43(2)35-17-6-7-19-37(35)46(30-14-4-3-5-15-30)38-24-23-34-33-22-21-32(48-31-16-12-13-29(27-31)36-18-8-10-25-44-36)28-39(33)47(42(34)41(38)43)40-20-9-11-26-45-40/h3-28H,1-2H3. The first kappa shape index (κ1) is 28.1. The average molecular weight is 621 g/mol. The fourth-order valence-corrected chi connectivity index (χ4v) is 7.37. The summed E-state index contributed by atoms with van der Waals surface area (Å²) in [6.45, 7) is 4.69. The Morgan fingerprint density at radius 2 is 1.33 bits per heavy atom. The molecule has 48 heavy (non-hydrogen) atoms. The number of rotatable bonds is 5. The molecule has 8 aromatic rings. The summed E-state index contributed by atoms with van der Waals surface area (Å²) in [6.07, 6.45) is 3.67. The van der Waals surface area contributed by atoms with E-state index in [1.165, 1.54) is 27.9 Å². The Hall–Kier alpha value is -6.20. The van der Waals surface area contributed by atoms with Crippen LogP contribution in [0.5, 0.6) is 11.5 Å². The highest BCUT2D eigenvalue weighted by atomic mass is 16.5. The molecule has 230 valence electrons. The Labute approximate surface area is 279 Å². The average Bonchev–Trinajstić information content (AvgIpc) is 3.46. The molecule has 1 aliphatic rings. The third kappa shape index (κ3) is 4.39.